The van der Waals surface area contributed by atoms with E-state index in [9.17, 15) is 0 Å². The molecule has 2 rings (SSSR count). The highest BCUT2D eigenvalue weighted by Gasteiger charge is 2.02. The van der Waals surface area contributed by atoms with Crippen molar-refractivity contribution < 1.29 is 0 Å². The molecule has 0 aliphatic rings. The van der Waals surface area contributed by atoms with E-state index in [0.29, 0.717) is 0 Å². The van der Waals surface area contributed by atoms with Gasteiger partial charge in [-0.25, -0.2) is 4.68 Å². The molecular weight excluding hydrogens is 445 g/mol. The predicted molar refractivity (Wildman–Crippen MR) is 120 cm³/mol. The minimum atomic E-state index is 0. The number of guanidine groups is 1. The molecule has 138 valence electrons. The minimum absolute atomic E-state index is 0. The number of aliphatic imine (C=N–C) groups is 1. The van der Waals surface area contributed by atoms with E-state index < -0.39 is 0 Å². The Kier molecular flexibility index (Phi) is 11.4. The molecule has 0 atom stereocenters. The summed E-state index contributed by atoms with van der Waals surface area (Å²) in [7, 11) is 1.81. The van der Waals surface area contributed by atoms with Gasteiger partial charge in [0.05, 0.1) is 11.9 Å². The van der Waals surface area contributed by atoms with E-state index in [-0.39, 0.29) is 24.0 Å². The first kappa shape index (κ1) is 21.8. The molecular formula is C18H28IN5S. The molecule has 0 saturated carbocycles. The van der Waals surface area contributed by atoms with Gasteiger partial charge in [-0.2, -0.15) is 16.9 Å². The van der Waals surface area contributed by atoms with Crippen molar-refractivity contribution in [2.75, 3.05) is 32.1 Å². The van der Waals surface area contributed by atoms with Crippen molar-refractivity contribution in [3.05, 3.63) is 48.3 Å². The molecule has 0 radical (unpaired) electrons. The Labute approximate surface area is 172 Å². The van der Waals surface area contributed by atoms with Crippen molar-refractivity contribution in [3.8, 4) is 5.69 Å². The van der Waals surface area contributed by atoms with Crippen LogP contribution in [0.2, 0.25) is 0 Å². The number of thioether (sulfide) groups is 1. The summed E-state index contributed by atoms with van der Waals surface area (Å²) in [4.78, 5) is 4.26. The SMILES string of the molecule is CN=C(NCCCCSC)NCCc1cnn(-c2ccccc2)c1.I. The topological polar surface area (TPSA) is 54.2 Å². The highest BCUT2D eigenvalue weighted by atomic mass is 127. The van der Waals surface area contributed by atoms with Crippen molar-refractivity contribution in [1.29, 1.82) is 0 Å². The Morgan fingerprint density at radius 2 is 1.92 bits per heavy atom. The van der Waals surface area contributed by atoms with Crippen LogP contribution in [0.1, 0.15) is 18.4 Å². The first-order valence-corrected chi connectivity index (χ1v) is 9.75. The first-order chi connectivity index (χ1) is 11.8. The number of benzene rings is 1. The summed E-state index contributed by atoms with van der Waals surface area (Å²) >= 11 is 1.90. The molecule has 1 heterocycles. The fourth-order valence-electron chi connectivity index (χ4n) is 2.34. The summed E-state index contributed by atoms with van der Waals surface area (Å²) in [6.45, 7) is 1.80. The van der Waals surface area contributed by atoms with Crippen molar-refractivity contribution in [3.63, 3.8) is 0 Å². The molecule has 1 aromatic heterocycles. The van der Waals surface area contributed by atoms with Crippen LogP contribution in [0.15, 0.2) is 47.7 Å². The fourth-order valence-corrected chi connectivity index (χ4v) is 2.83. The van der Waals surface area contributed by atoms with Gasteiger partial charge in [0.25, 0.3) is 0 Å². The molecule has 0 bridgehead atoms. The lowest BCUT2D eigenvalue weighted by molar-refractivity contribution is 0.730. The van der Waals surface area contributed by atoms with E-state index in [1.165, 1.54) is 24.2 Å². The van der Waals surface area contributed by atoms with Gasteiger partial charge < -0.3 is 10.6 Å². The number of rotatable bonds is 9. The van der Waals surface area contributed by atoms with Gasteiger partial charge in [-0.1, -0.05) is 18.2 Å². The smallest absolute Gasteiger partial charge is 0.190 e. The summed E-state index contributed by atoms with van der Waals surface area (Å²) in [5.74, 6) is 2.09. The summed E-state index contributed by atoms with van der Waals surface area (Å²) in [6, 6.07) is 10.2. The molecule has 0 saturated heterocycles. The molecule has 2 aromatic rings. The zero-order chi connectivity index (χ0) is 17.0. The van der Waals surface area contributed by atoms with E-state index in [1.54, 1.807) is 0 Å². The molecule has 5 nitrogen and oxygen atoms in total. The quantitative estimate of drug-likeness (QED) is 0.254. The molecule has 1 aromatic carbocycles. The van der Waals surface area contributed by atoms with Gasteiger partial charge in [0.1, 0.15) is 0 Å². The van der Waals surface area contributed by atoms with E-state index in [2.05, 4.69) is 45.3 Å². The third kappa shape index (κ3) is 8.13. The average molecular weight is 473 g/mol. The van der Waals surface area contributed by atoms with Crippen LogP contribution in [0.5, 0.6) is 0 Å². The van der Waals surface area contributed by atoms with Crippen molar-refractivity contribution >= 4 is 41.7 Å². The molecule has 7 heteroatoms. The van der Waals surface area contributed by atoms with Crippen molar-refractivity contribution in [2.45, 2.75) is 19.3 Å². The van der Waals surface area contributed by atoms with E-state index in [0.717, 1.165) is 31.2 Å². The number of unbranched alkanes of at least 4 members (excludes halogenated alkanes) is 1. The lowest BCUT2D eigenvalue weighted by Crippen LogP contribution is -2.38. The standard InChI is InChI=1S/C18H27N5S.HI/c1-19-18(20-11-6-7-13-24-2)21-12-10-16-14-22-23(15-16)17-8-4-3-5-9-17;/h3-5,8-9,14-15H,6-7,10-13H2,1-2H3,(H2,19,20,21);1H. The van der Waals surface area contributed by atoms with Crippen LogP contribution in [0.4, 0.5) is 0 Å². The summed E-state index contributed by atoms with van der Waals surface area (Å²) in [5.41, 5.74) is 2.29. The minimum Gasteiger partial charge on any atom is -0.356 e. The Morgan fingerprint density at radius 1 is 1.16 bits per heavy atom. The maximum Gasteiger partial charge on any atom is 0.190 e. The number of aromatic nitrogens is 2. The second kappa shape index (κ2) is 13.0. The fraction of sp³-hybridized carbons (Fsp3) is 0.444. The average Bonchev–Trinajstić information content (AvgIpc) is 3.09. The van der Waals surface area contributed by atoms with Gasteiger partial charge in [-0.05, 0) is 49.0 Å². The Hall–Kier alpha value is -1.22. The van der Waals surface area contributed by atoms with Gasteiger partial charge in [0.2, 0.25) is 0 Å². The largest absolute Gasteiger partial charge is 0.356 e. The van der Waals surface area contributed by atoms with Crippen molar-refractivity contribution in [2.24, 2.45) is 4.99 Å². The molecule has 0 aliphatic heterocycles. The molecule has 0 amide bonds. The normalized spacial score (nSPS) is 11.0. The third-order valence-corrected chi connectivity index (χ3v) is 4.35. The number of hydrogen-bond acceptors (Lipinski definition) is 3. The zero-order valence-electron chi connectivity index (χ0n) is 14.9. The molecule has 0 aliphatic carbocycles. The van der Waals surface area contributed by atoms with E-state index >= 15 is 0 Å². The van der Waals surface area contributed by atoms with Crippen molar-refractivity contribution in [1.82, 2.24) is 20.4 Å². The third-order valence-electron chi connectivity index (χ3n) is 3.65. The highest BCUT2D eigenvalue weighted by molar-refractivity contribution is 14.0. The molecule has 25 heavy (non-hydrogen) atoms. The van der Waals surface area contributed by atoms with Crippen LogP contribution in [-0.2, 0) is 6.42 Å². The number of para-hydroxylation sites is 1. The van der Waals surface area contributed by atoms with Crippen LogP contribution < -0.4 is 10.6 Å². The van der Waals surface area contributed by atoms with Crippen LogP contribution >= 0.6 is 35.7 Å². The lowest BCUT2D eigenvalue weighted by atomic mass is 10.2. The maximum absolute atomic E-state index is 4.42. The predicted octanol–water partition coefficient (Wildman–Crippen LogP) is 3.34. The maximum atomic E-state index is 4.42. The number of halogens is 1. The summed E-state index contributed by atoms with van der Waals surface area (Å²) in [6.07, 6.45) is 9.48. The van der Waals surface area contributed by atoms with Crippen LogP contribution in [0.25, 0.3) is 5.69 Å². The van der Waals surface area contributed by atoms with Gasteiger partial charge in [-0.15, -0.1) is 24.0 Å². The van der Waals surface area contributed by atoms with Gasteiger partial charge in [0.15, 0.2) is 5.96 Å². The second-order valence-corrected chi connectivity index (χ2v) is 6.49. The highest BCUT2D eigenvalue weighted by Crippen LogP contribution is 2.07. The Morgan fingerprint density at radius 3 is 2.64 bits per heavy atom. The Balaban J connectivity index is 0.00000312. The molecule has 0 fully saturated rings. The number of nitrogens with one attached hydrogen (secondary N) is 2. The van der Waals surface area contributed by atoms with Gasteiger partial charge in [0, 0.05) is 26.3 Å². The molecule has 0 spiro atoms. The number of hydrogen-bond donors (Lipinski definition) is 2. The zero-order valence-corrected chi connectivity index (χ0v) is 18.1. The second-order valence-electron chi connectivity index (χ2n) is 5.50. The Bertz CT molecular complexity index is 615. The van der Waals surface area contributed by atoms with E-state index in [4.69, 9.17) is 0 Å². The van der Waals surface area contributed by atoms with Gasteiger partial charge >= 0.3 is 0 Å². The molecule has 0 unspecified atom stereocenters. The number of nitrogens with zero attached hydrogens (tertiary/aromatic N) is 3. The monoisotopic (exact) mass is 473 g/mol. The van der Waals surface area contributed by atoms with Crippen LogP contribution in [0, 0.1) is 0 Å². The van der Waals surface area contributed by atoms with Crippen LogP contribution in [-0.4, -0.2) is 47.9 Å². The summed E-state index contributed by atoms with van der Waals surface area (Å²) < 4.78 is 1.91. The van der Waals surface area contributed by atoms with Crippen LogP contribution in [0.3, 0.4) is 0 Å². The van der Waals surface area contributed by atoms with Gasteiger partial charge in [-0.3, -0.25) is 4.99 Å². The lowest BCUT2D eigenvalue weighted by Gasteiger charge is -2.11. The first-order valence-electron chi connectivity index (χ1n) is 8.36. The molecule has 2 N–H and O–H groups in total. The van der Waals surface area contributed by atoms with E-state index in [1.807, 2.05) is 47.9 Å². The summed E-state index contributed by atoms with van der Waals surface area (Å²) in [5, 5.41) is 11.1.